The highest BCUT2D eigenvalue weighted by Gasteiger charge is 2.30. The molecule has 1 heterocycles. The van der Waals surface area contributed by atoms with E-state index in [1.54, 1.807) is 0 Å². The van der Waals surface area contributed by atoms with Gasteiger partial charge in [-0.3, -0.25) is 0 Å². The molecule has 2 nitrogen and oxygen atoms in total. The summed E-state index contributed by atoms with van der Waals surface area (Å²) in [7, 11) is 0. The molecule has 0 amide bonds. The Labute approximate surface area is 113 Å². The molecular weight excluding hydrogens is 276 g/mol. The predicted octanol–water partition coefficient (Wildman–Crippen LogP) is 3.33. The van der Waals surface area contributed by atoms with Crippen LogP contribution in [0.4, 0.5) is 5.69 Å². The van der Waals surface area contributed by atoms with E-state index in [1.165, 1.54) is 15.7 Å². The van der Waals surface area contributed by atoms with Crippen LogP contribution in [0, 0.1) is 6.92 Å². The first-order chi connectivity index (χ1) is 7.89. The van der Waals surface area contributed by atoms with Gasteiger partial charge in [0.2, 0.25) is 0 Å². The first-order valence-electron chi connectivity index (χ1n) is 6.17. The van der Waals surface area contributed by atoms with E-state index in [0.717, 1.165) is 13.1 Å². The second kappa shape index (κ2) is 4.62. The number of benzene rings is 1. The lowest BCUT2D eigenvalue weighted by molar-refractivity contribution is 0.318. The van der Waals surface area contributed by atoms with Crippen LogP contribution in [-0.2, 0) is 0 Å². The quantitative estimate of drug-likeness (QED) is 0.855. The van der Waals surface area contributed by atoms with Crippen molar-refractivity contribution in [2.45, 2.75) is 39.3 Å². The van der Waals surface area contributed by atoms with Crippen LogP contribution in [0.2, 0.25) is 0 Å². The summed E-state index contributed by atoms with van der Waals surface area (Å²) >= 11 is 3.56. The molecule has 0 aromatic heterocycles. The molecule has 2 rings (SSSR count). The van der Waals surface area contributed by atoms with Crippen molar-refractivity contribution < 1.29 is 0 Å². The first kappa shape index (κ1) is 12.9. The van der Waals surface area contributed by atoms with Crippen LogP contribution >= 0.6 is 15.9 Å². The van der Waals surface area contributed by atoms with Crippen molar-refractivity contribution in [3.63, 3.8) is 0 Å². The fourth-order valence-corrected chi connectivity index (χ4v) is 2.57. The second-order valence-electron chi connectivity index (χ2n) is 5.68. The third-order valence-corrected chi connectivity index (χ3v) is 4.34. The predicted molar refractivity (Wildman–Crippen MR) is 77.8 cm³/mol. The van der Waals surface area contributed by atoms with Gasteiger partial charge in [0, 0.05) is 34.8 Å². The summed E-state index contributed by atoms with van der Waals surface area (Å²) in [5.41, 5.74) is 2.81. The minimum Gasteiger partial charge on any atom is -0.366 e. The number of piperazine rings is 1. The van der Waals surface area contributed by atoms with Gasteiger partial charge in [0.1, 0.15) is 0 Å². The standard InChI is InChI=1S/C14H21BrN2/c1-10-7-12(5-6-13(10)15)17-9-14(3,4)16-8-11(17)2/h5-7,11,16H,8-9H2,1-4H3. The molecule has 1 saturated heterocycles. The van der Waals surface area contributed by atoms with E-state index in [0.29, 0.717) is 6.04 Å². The molecular formula is C14H21BrN2. The zero-order valence-corrected chi connectivity index (χ0v) is 12.6. The summed E-state index contributed by atoms with van der Waals surface area (Å²) in [5, 5.41) is 3.58. The summed E-state index contributed by atoms with van der Waals surface area (Å²) in [6.07, 6.45) is 0. The zero-order chi connectivity index (χ0) is 12.6. The van der Waals surface area contributed by atoms with Crippen LogP contribution in [-0.4, -0.2) is 24.7 Å². The Balaban J connectivity index is 2.28. The number of hydrogen-bond acceptors (Lipinski definition) is 2. The number of halogens is 1. The van der Waals surface area contributed by atoms with Gasteiger partial charge in [-0.1, -0.05) is 15.9 Å². The molecule has 1 aromatic carbocycles. The Morgan fingerprint density at radius 3 is 2.76 bits per heavy atom. The van der Waals surface area contributed by atoms with Crippen molar-refractivity contribution in [2.24, 2.45) is 0 Å². The van der Waals surface area contributed by atoms with Crippen LogP contribution in [0.15, 0.2) is 22.7 Å². The largest absolute Gasteiger partial charge is 0.366 e. The van der Waals surface area contributed by atoms with Gasteiger partial charge in [-0.05, 0) is 51.5 Å². The van der Waals surface area contributed by atoms with Gasteiger partial charge in [-0.25, -0.2) is 0 Å². The molecule has 1 unspecified atom stereocenters. The summed E-state index contributed by atoms with van der Waals surface area (Å²) in [4.78, 5) is 2.50. The van der Waals surface area contributed by atoms with E-state index in [2.05, 4.69) is 72.0 Å². The SMILES string of the molecule is Cc1cc(N2CC(C)(C)NCC2C)ccc1Br. The molecule has 0 radical (unpaired) electrons. The number of aryl methyl sites for hydroxylation is 1. The topological polar surface area (TPSA) is 15.3 Å². The fourth-order valence-electron chi connectivity index (χ4n) is 2.33. The Morgan fingerprint density at radius 1 is 1.41 bits per heavy atom. The Morgan fingerprint density at radius 2 is 2.12 bits per heavy atom. The van der Waals surface area contributed by atoms with Gasteiger partial charge in [-0.15, -0.1) is 0 Å². The summed E-state index contributed by atoms with van der Waals surface area (Å²) in [5.74, 6) is 0. The monoisotopic (exact) mass is 296 g/mol. The van der Waals surface area contributed by atoms with Crippen LogP contribution in [0.25, 0.3) is 0 Å². The minimum absolute atomic E-state index is 0.188. The van der Waals surface area contributed by atoms with Crippen molar-refractivity contribution in [1.29, 1.82) is 0 Å². The van der Waals surface area contributed by atoms with Crippen molar-refractivity contribution in [2.75, 3.05) is 18.0 Å². The van der Waals surface area contributed by atoms with Gasteiger partial charge < -0.3 is 10.2 Å². The van der Waals surface area contributed by atoms with Crippen LogP contribution in [0.1, 0.15) is 26.3 Å². The maximum atomic E-state index is 3.58. The number of nitrogens with one attached hydrogen (secondary N) is 1. The third kappa shape index (κ3) is 2.83. The second-order valence-corrected chi connectivity index (χ2v) is 6.53. The van der Waals surface area contributed by atoms with Gasteiger partial charge >= 0.3 is 0 Å². The number of rotatable bonds is 1. The van der Waals surface area contributed by atoms with Crippen LogP contribution in [0.3, 0.4) is 0 Å². The molecule has 1 aromatic rings. The van der Waals surface area contributed by atoms with Gasteiger partial charge in [-0.2, -0.15) is 0 Å². The minimum atomic E-state index is 0.188. The van der Waals surface area contributed by atoms with Gasteiger partial charge in [0.25, 0.3) is 0 Å². The van der Waals surface area contributed by atoms with Crippen molar-refractivity contribution in [1.82, 2.24) is 5.32 Å². The van der Waals surface area contributed by atoms with Crippen LogP contribution in [0.5, 0.6) is 0 Å². The van der Waals surface area contributed by atoms with Gasteiger partial charge in [0.15, 0.2) is 0 Å². The van der Waals surface area contributed by atoms with Crippen molar-refractivity contribution in [3.8, 4) is 0 Å². The molecule has 94 valence electrons. The van der Waals surface area contributed by atoms with E-state index in [-0.39, 0.29) is 5.54 Å². The zero-order valence-electron chi connectivity index (χ0n) is 11.0. The number of hydrogen-bond donors (Lipinski definition) is 1. The van der Waals surface area contributed by atoms with E-state index in [1.807, 2.05) is 0 Å². The average molecular weight is 297 g/mol. The molecule has 0 bridgehead atoms. The highest BCUT2D eigenvalue weighted by Crippen LogP contribution is 2.27. The maximum absolute atomic E-state index is 3.58. The lowest BCUT2D eigenvalue weighted by atomic mass is 9.98. The molecule has 3 heteroatoms. The maximum Gasteiger partial charge on any atom is 0.0387 e. The Bertz CT molecular complexity index is 415. The van der Waals surface area contributed by atoms with E-state index < -0.39 is 0 Å². The smallest absolute Gasteiger partial charge is 0.0387 e. The molecule has 0 saturated carbocycles. The lowest BCUT2D eigenvalue weighted by Gasteiger charge is -2.44. The summed E-state index contributed by atoms with van der Waals surface area (Å²) in [6.45, 7) is 11.0. The van der Waals surface area contributed by atoms with E-state index in [4.69, 9.17) is 0 Å². The normalized spacial score (nSPS) is 23.8. The number of anilines is 1. The summed E-state index contributed by atoms with van der Waals surface area (Å²) in [6, 6.07) is 7.16. The first-order valence-corrected chi connectivity index (χ1v) is 6.96. The van der Waals surface area contributed by atoms with E-state index >= 15 is 0 Å². The highest BCUT2D eigenvalue weighted by atomic mass is 79.9. The molecule has 0 spiro atoms. The van der Waals surface area contributed by atoms with Crippen LogP contribution < -0.4 is 10.2 Å². The molecule has 0 aliphatic carbocycles. The molecule has 1 fully saturated rings. The Hall–Kier alpha value is -0.540. The Kier molecular flexibility index (Phi) is 3.50. The van der Waals surface area contributed by atoms with Gasteiger partial charge in [0.05, 0.1) is 0 Å². The average Bonchev–Trinajstić information content (AvgIpc) is 2.26. The molecule has 17 heavy (non-hydrogen) atoms. The fraction of sp³-hybridized carbons (Fsp3) is 0.571. The molecule has 1 aliphatic rings. The summed E-state index contributed by atoms with van der Waals surface area (Å²) < 4.78 is 1.18. The number of nitrogens with zero attached hydrogens (tertiary/aromatic N) is 1. The third-order valence-electron chi connectivity index (χ3n) is 3.45. The van der Waals surface area contributed by atoms with Crippen molar-refractivity contribution in [3.05, 3.63) is 28.2 Å². The highest BCUT2D eigenvalue weighted by molar-refractivity contribution is 9.10. The molecule has 1 atom stereocenters. The molecule has 1 N–H and O–H groups in total. The lowest BCUT2D eigenvalue weighted by Crippen LogP contribution is -2.61. The molecule has 1 aliphatic heterocycles. The van der Waals surface area contributed by atoms with E-state index in [9.17, 15) is 0 Å². The van der Waals surface area contributed by atoms with Crippen molar-refractivity contribution >= 4 is 21.6 Å².